The van der Waals surface area contributed by atoms with Gasteiger partial charge in [-0.25, -0.2) is 0 Å². The van der Waals surface area contributed by atoms with Crippen LogP contribution < -0.4 is 5.56 Å². The van der Waals surface area contributed by atoms with Crippen LogP contribution in [-0.4, -0.2) is 52.4 Å². The highest BCUT2D eigenvalue weighted by molar-refractivity contribution is 5.94. The summed E-state index contributed by atoms with van der Waals surface area (Å²) in [6.07, 6.45) is 8.53. The standard InChI is InChI=1S/C22H31N3O2/c1-14-7-19(20(26)23-15(14)2)21(27)24-3-5-25(6-4-24)22-11-16-8-17(12-22)10-18(9-16)13-22/h7,16-18H,3-6,8-13H2,1-2H3,(H,23,26). The number of hydrogen-bond acceptors (Lipinski definition) is 3. The third-order valence-electron chi connectivity index (χ3n) is 7.97. The molecule has 5 fully saturated rings. The van der Waals surface area contributed by atoms with Gasteiger partial charge in [0.2, 0.25) is 0 Å². The number of aromatic amines is 1. The minimum absolute atomic E-state index is 0.107. The van der Waals surface area contributed by atoms with E-state index in [1.165, 1.54) is 38.5 Å². The van der Waals surface area contributed by atoms with Crippen LogP contribution in [-0.2, 0) is 0 Å². The fourth-order valence-corrected chi connectivity index (χ4v) is 6.89. The van der Waals surface area contributed by atoms with Gasteiger partial charge in [-0.15, -0.1) is 0 Å². The van der Waals surface area contributed by atoms with E-state index in [0.717, 1.165) is 55.2 Å². The zero-order valence-corrected chi connectivity index (χ0v) is 16.6. The van der Waals surface area contributed by atoms with E-state index in [9.17, 15) is 9.59 Å². The van der Waals surface area contributed by atoms with Crippen molar-refractivity contribution in [1.82, 2.24) is 14.8 Å². The van der Waals surface area contributed by atoms with Crippen molar-refractivity contribution in [3.63, 3.8) is 0 Å². The van der Waals surface area contributed by atoms with Crippen LogP contribution in [0.1, 0.15) is 60.1 Å². The topological polar surface area (TPSA) is 56.4 Å². The van der Waals surface area contributed by atoms with Crippen LogP contribution in [0.25, 0.3) is 0 Å². The summed E-state index contributed by atoms with van der Waals surface area (Å²) in [5.41, 5.74) is 2.25. The fourth-order valence-electron chi connectivity index (χ4n) is 6.89. The molecule has 1 N–H and O–H groups in total. The van der Waals surface area contributed by atoms with Crippen molar-refractivity contribution in [2.24, 2.45) is 17.8 Å². The highest BCUT2D eigenvalue weighted by Crippen LogP contribution is 2.57. The molecular formula is C22H31N3O2. The monoisotopic (exact) mass is 369 g/mol. The first-order valence-corrected chi connectivity index (χ1v) is 10.7. The van der Waals surface area contributed by atoms with Crippen molar-refractivity contribution in [1.29, 1.82) is 0 Å². The molecule has 27 heavy (non-hydrogen) atoms. The number of nitrogens with zero attached hydrogens (tertiary/aromatic N) is 2. The lowest BCUT2D eigenvalue weighted by Gasteiger charge is -2.61. The lowest BCUT2D eigenvalue weighted by molar-refractivity contribution is -0.0987. The summed E-state index contributed by atoms with van der Waals surface area (Å²) in [5.74, 6) is 2.74. The fraction of sp³-hybridized carbons (Fsp3) is 0.727. The van der Waals surface area contributed by atoms with E-state index in [-0.39, 0.29) is 11.5 Å². The first kappa shape index (κ1) is 17.5. The Balaban J connectivity index is 1.29. The normalized spacial score (nSPS) is 35.6. The lowest BCUT2D eigenvalue weighted by atomic mass is 9.52. The van der Waals surface area contributed by atoms with E-state index in [2.05, 4.69) is 9.88 Å². The summed E-state index contributed by atoms with van der Waals surface area (Å²) in [6.45, 7) is 7.21. The van der Waals surface area contributed by atoms with Gasteiger partial charge in [-0.2, -0.15) is 0 Å². The maximum Gasteiger partial charge on any atom is 0.261 e. The molecule has 146 valence electrons. The largest absolute Gasteiger partial charge is 0.336 e. The maximum absolute atomic E-state index is 12.9. The predicted molar refractivity (Wildman–Crippen MR) is 105 cm³/mol. The van der Waals surface area contributed by atoms with Crippen LogP contribution in [0.2, 0.25) is 0 Å². The predicted octanol–water partition coefficient (Wildman–Crippen LogP) is 2.72. The van der Waals surface area contributed by atoms with Crippen molar-refractivity contribution < 1.29 is 4.79 Å². The van der Waals surface area contributed by atoms with Gasteiger partial charge < -0.3 is 9.88 Å². The third-order valence-corrected chi connectivity index (χ3v) is 7.97. The van der Waals surface area contributed by atoms with Crippen LogP contribution in [0.3, 0.4) is 0 Å². The summed E-state index contributed by atoms with van der Waals surface area (Å²) in [4.78, 5) is 32.6. The Morgan fingerprint density at radius 2 is 1.56 bits per heavy atom. The highest BCUT2D eigenvalue weighted by Gasteiger charge is 2.53. The van der Waals surface area contributed by atoms with E-state index >= 15 is 0 Å². The molecule has 1 aromatic heterocycles. The lowest BCUT2D eigenvalue weighted by Crippen LogP contribution is -2.64. The molecule has 4 bridgehead atoms. The molecule has 5 heteroatoms. The highest BCUT2D eigenvalue weighted by atomic mass is 16.2. The van der Waals surface area contributed by atoms with Gasteiger partial charge in [-0.1, -0.05) is 0 Å². The van der Waals surface area contributed by atoms with Gasteiger partial charge in [0.15, 0.2) is 0 Å². The van der Waals surface area contributed by atoms with E-state index < -0.39 is 0 Å². The first-order valence-electron chi connectivity index (χ1n) is 10.7. The molecule has 4 aliphatic carbocycles. The van der Waals surface area contributed by atoms with Gasteiger partial charge in [0.25, 0.3) is 11.5 Å². The van der Waals surface area contributed by atoms with Crippen LogP contribution in [0.4, 0.5) is 0 Å². The number of carbonyl (C=O) groups is 1. The summed E-state index contributed by atoms with van der Waals surface area (Å²) in [7, 11) is 0. The van der Waals surface area contributed by atoms with Crippen LogP contribution in [0, 0.1) is 31.6 Å². The zero-order chi connectivity index (χ0) is 18.8. The molecule has 0 unspecified atom stereocenters. The van der Waals surface area contributed by atoms with E-state index in [4.69, 9.17) is 0 Å². The Bertz CT molecular complexity index is 784. The Hall–Kier alpha value is -1.62. The minimum Gasteiger partial charge on any atom is -0.336 e. The summed E-state index contributed by atoms with van der Waals surface area (Å²) in [6, 6.07) is 1.75. The van der Waals surface area contributed by atoms with Crippen molar-refractivity contribution in [2.75, 3.05) is 26.2 Å². The maximum atomic E-state index is 12.9. The molecular weight excluding hydrogens is 338 g/mol. The van der Waals surface area contributed by atoms with Gasteiger partial charge >= 0.3 is 0 Å². The average molecular weight is 370 g/mol. The van der Waals surface area contributed by atoms with Crippen molar-refractivity contribution in [3.05, 3.63) is 33.2 Å². The first-order chi connectivity index (χ1) is 12.9. The number of H-pyrrole nitrogens is 1. The molecule has 0 radical (unpaired) electrons. The summed E-state index contributed by atoms with van der Waals surface area (Å²) in [5, 5.41) is 0. The van der Waals surface area contributed by atoms with Crippen molar-refractivity contribution in [3.8, 4) is 0 Å². The summed E-state index contributed by atoms with van der Waals surface area (Å²) < 4.78 is 0. The number of aryl methyl sites for hydroxylation is 2. The molecule has 1 saturated heterocycles. The molecule has 0 aromatic carbocycles. The smallest absolute Gasteiger partial charge is 0.261 e. The van der Waals surface area contributed by atoms with Gasteiger partial charge in [-0.05, 0) is 81.8 Å². The summed E-state index contributed by atoms with van der Waals surface area (Å²) >= 11 is 0. The number of rotatable bonds is 2. The number of carbonyl (C=O) groups excluding carboxylic acids is 1. The zero-order valence-electron chi connectivity index (χ0n) is 16.6. The SMILES string of the molecule is Cc1cc(C(=O)N2CCN(C34CC5CC(CC(C5)C3)C4)CC2)c(=O)[nH]c1C. The molecule has 0 atom stereocenters. The number of nitrogens with one attached hydrogen (secondary N) is 1. The van der Waals surface area contributed by atoms with Gasteiger partial charge in [0.05, 0.1) is 0 Å². The molecule has 1 amide bonds. The average Bonchev–Trinajstić information content (AvgIpc) is 2.63. The number of piperazine rings is 1. The van der Waals surface area contributed by atoms with Crippen LogP contribution in [0.15, 0.2) is 10.9 Å². The second-order valence-electron chi connectivity index (χ2n) is 9.74. The van der Waals surface area contributed by atoms with E-state index in [1.54, 1.807) is 6.07 Å². The van der Waals surface area contributed by atoms with Gasteiger partial charge in [0, 0.05) is 37.4 Å². The third kappa shape index (κ3) is 2.86. The number of amides is 1. The Morgan fingerprint density at radius 1 is 1.00 bits per heavy atom. The second-order valence-corrected chi connectivity index (χ2v) is 9.74. The molecule has 1 aliphatic heterocycles. The van der Waals surface area contributed by atoms with Crippen LogP contribution in [0.5, 0.6) is 0 Å². The second kappa shape index (κ2) is 6.20. The number of aromatic nitrogens is 1. The number of pyridine rings is 1. The Labute approximate surface area is 161 Å². The van der Waals surface area contributed by atoms with Gasteiger partial charge in [-0.3, -0.25) is 14.5 Å². The minimum atomic E-state index is -0.258. The Kier molecular flexibility index (Phi) is 4.01. The molecule has 5 nitrogen and oxygen atoms in total. The van der Waals surface area contributed by atoms with Crippen molar-refractivity contribution >= 4 is 5.91 Å². The molecule has 0 spiro atoms. The Morgan fingerprint density at radius 3 is 2.11 bits per heavy atom. The molecule has 2 heterocycles. The molecule has 1 aromatic rings. The molecule has 6 rings (SSSR count). The van der Waals surface area contributed by atoms with E-state index in [0.29, 0.717) is 11.1 Å². The van der Waals surface area contributed by atoms with Gasteiger partial charge in [0.1, 0.15) is 5.56 Å². The van der Waals surface area contributed by atoms with E-state index in [1.807, 2.05) is 18.7 Å². The number of hydrogen-bond donors (Lipinski definition) is 1. The molecule has 4 saturated carbocycles. The molecule has 5 aliphatic rings. The van der Waals surface area contributed by atoms with Crippen LogP contribution >= 0.6 is 0 Å². The van der Waals surface area contributed by atoms with Crippen molar-refractivity contribution in [2.45, 2.75) is 57.9 Å². The quantitative estimate of drug-likeness (QED) is 0.872.